The molecule has 1 heterocycles. The Morgan fingerprint density at radius 1 is 1.38 bits per heavy atom. The third kappa shape index (κ3) is 1.35. The summed E-state index contributed by atoms with van der Waals surface area (Å²) in [5, 5.41) is 2.79. The molecule has 88 valence electrons. The van der Waals surface area contributed by atoms with E-state index in [9.17, 15) is 9.59 Å². The quantitative estimate of drug-likeness (QED) is 0.697. The van der Waals surface area contributed by atoms with Crippen LogP contribution in [0, 0.1) is 17.8 Å². The molecule has 16 heavy (non-hydrogen) atoms. The SMILES string of the molecule is CC1C(=O)NCCN1C(=O)C1C2CCCC21. The lowest BCUT2D eigenvalue weighted by Gasteiger charge is -2.33. The zero-order chi connectivity index (χ0) is 11.3. The molecule has 1 N–H and O–H groups in total. The minimum absolute atomic E-state index is 0.00888. The fraction of sp³-hybridized carbons (Fsp3) is 0.833. The molecule has 0 aromatic heterocycles. The second-order valence-corrected chi connectivity index (χ2v) is 5.28. The van der Waals surface area contributed by atoms with Crippen LogP contribution in [0.3, 0.4) is 0 Å². The van der Waals surface area contributed by atoms with Crippen molar-refractivity contribution in [3.8, 4) is 0 Å². The summed E-state index contributed by atoms with van der Waals surface area (Å²) in [5.74, 6) is 1.76. The number of hydrogen-bond donors (Lipinski definition) is 1. The van der Waals surface area contributed by atoms with Gasteiger partial charge in [0.15, 0.2) is 0 Å². The average Bonchev–Trinajstić information content (AvgIpc) is 2.75. The van der Waals surface area contributed by atoms with Crippen molar-refractivity contribution in [3.63, 3.8) is 0 Å². The first-order valence-electron chi connectivity index (χ1n) is 6.28. The normalized spacial score (nSPS) is 41.6. The van der Waals surface area contributed by atoms with Gasteiger partial charge in [0, 0.05) is 19.0 Å². The van der Waals surface area contributed by atoms with Gasteiger partial charge in [-0.15, -0.1) is 0 Å². The summed E-state index contributed by atoms with van der Waals surface area (Å²) >= 11 is 0. The highest BCUT2D eigenvalue weighted by Crippen LogP contribution is 2.58. The van der Waals surface area contributed by atoms with Crippen molar-refractivity contribution < 1.29 is 9.59 Å². The molecule has 4 nitrogen and oxygen atoms in total. The van der Waals surface area contributed by atoms with Crippen LogP contribution in [0.15, 0.2) is 0 Å². The first kappa shape index (κ1) is 10.1. The van der Waals surface area contributed by atoms with Crippen molar-refractivity contribution in [1.82, 2.24) is 10.2 Å². The monoisotopic (exact) mass is 222 g/mol. The van der Waals surface area contributed by atoms with E-state index in [4.69, 9.17) is 0 Å². The highest BCUT2D eigenvalue weighted by molar-refractivity contribution is 5.90. The van der Waals surface area contributed by atoms with E-state index in [1.807, 2.05) is 6.92 Å². The molecule has 1 aliphatic heterocycles. The highest BCUT2D eigenvalue weighted by atomic mass is 16.2. The fourth-order valence-corrected chi connectivity index (χ4v) is 3.46. The maximum absolute atomic E-state index is 12.3. The number of nitrogens with one attached hydrogen (secondary N) is 1. The molecule has 0 bridgehead atoms. The van der Waals surface area contributed by atoms with Crippen LogP contribution in [0.2, 0.25) is 0 Å². The third-order valence-corrected chi connectivity index (χ3v) is 4.47. The van der Waals surface area contributed by atoms with Crippen LogP contribution < -0.4 is 5.32 Å². The maximum atomic E-state index is 12.3. The summed E-state index contributed by atoms with van der Waals surface area (Å²) in [5.41, 5.74) is 0. The van der Waals surface area contributed by atoms with Gasteiger partial charge in [0.25, 0.3) is 0 Å². The van der Waals surface area contributed by atoms with E-state index < -0.39 is 0 Å². The Morgan fingerprint density at radius 2 is 2.06 bits per heavy atom. The highest BCUT2D eigenvalue weighted by Gasteiger charge is 2.58. The lowest BCUT2D eigenvalue weighted by molar-refractivity contribution is -0.144. The summed E-state index contributed by atoms with van der Waals surface area (Å²) in [4.78, 5) is 25.5. The predicted octanol–water partition coefficient (Wildman–Crippen LogP) is 0.379. The van der Waals surface area contributed by atoms with Gasteiger partial charge in [-0.05, 0) is 31.6 Å². The van der Waals surface area contributed by atoms with E-state index in [2.05, 4.69) is 5.32 Å². The van der Waals surface area contributed by atoms with E-state index in [-0.39, 0.29) is 23.8 Å². The van der Waals surface area contributed by atoms with Crippen molar-refractivity contribution in [2.75, 3.05) is 13.1 Å². The molecular weight excluding hydrogens is 204 g/mol. The fourth-order valence-electron chi connectivity index (χ4n) is 3.46. The maximum Gasteiger partial charge on any atom is 0.242 e. The molecule has 4 heteroatoms. The van der Waals surface area contributed by atoms with Crippen LogP contribution in [-0.4, -0.2) is 35.8 Å². The number of carbonyl (C=O) groups is 2. The summed E-state index contributed by atoms with van der Waals surface area (Å²) in [6.07, 6.45) is 3.72. The van der Waals surface area contributed by atoms with Crippen LogP contribution in [0.5, 0.6) is 0 Å². The van der Waals surface area contributed by atoms with E-state index in [1.54, 1.807) is 4.90 Å². The van der Waals surface area contributed by atoms with Crippen molar-refractivity contribution in [2.24, 2.45) is 17.8 Å². The molecule has 3 unspecified atom stereocenters. The molecule has 0 aromatic rings. The molecule has 3 fully saturated rings. The van der Waals surface area contributed by atoms with E-state index in [0.717, 1.165) is 0 Å². The van der Waals surface area contributed by atoms with Gasteiger partial charge in [0.05, 0.1) is 0 Å². The molecule has 0 spiro atoms. The van der Waals surface area contributed by atoms with Crippen LogP contribution in [-0.2, 0) is 9.59 Å². The average molecular weight is 222 g/mol. The third-order valence-electron chi connectivity index (χ3n) is 4.47. The molecule has 0 radical (unpaired) electrons. The first-order chi connectivity index (χ1) is 7.70. The Balaban J connectivity index is 1.68. The lowest BCUT2D eigenvalue weighted by Crippen LogP contribution is -2.56. The number of carbonyl (C=O) groups excluding carboxylic acids is 2. The molecule has 2 amide bonds. The molecule has 3 rings (SSSR count). The van der Waals surface area contributed by atoms with Crippen LogP contribution in [0.1, 0.15) is 26.2 Å². The van der Waals surface area contributed by atoms with Crippen molar-refractivity contribution in [2.45, 2.75) is 32.2 Å². The Kier molecular flexibility index (Phi) is 2.19. The summed E-state index contributed by atoms with van der Waals surface area (Å²) < 4.78 is 0. The Hall–Kier alpha value is -1.06. The van der Waals surface area contributed by atoms with Crippen molar-refractivity contribution in [3.05, 3.63) is 0 Å². The van der Waals surface area contributed by atoms with Gasteiger partial charge in [-0.3, -0.25) is 9.59 Å². The van der Waals surface area contributed by atoms with E-state index in [1.165, 1.54) is 19.3 Å². The standard InChI is InChI=1S/C12H18N2O2/c1-7-11(15)13-5-6-14(7)12(16)10-8-3-2-4-9(8)10/h7-10H,2-6H2,1H3,(H,13,15). The molecule has 3 aliphatic rings. The van der Waals surface area contributed by atoms with Crippen LogP contribution >= 0.6 is 0 Å². The molecule has 2 saturated carbocycles. The van der Waals surface area contributed by atoms with Gasteiger partial charge < -0.3 is 10.2 Å². The second kappa shape index (κ2) is 3.47. The summed E-state index contributed by atoms with van der Waals surface area (Å²) in [7, 11) is 0. The van der Waals surface area contributed by atoms with Gasteiger partial charge in [-0.25, -0.2) is 0 Å². The molecule has 1 saturated heterocycles. The van der Waals surface area contributed by atoms with Crippen LogP contribution in [0.25, 0.3) is 0 Å². The zero-order valence-electron chi connectivity index (χ0n) is 9.61. The van der Waals surface area contributed by atoms with E-state index in [0.29, 0.717) is 24.9 Å². The topological polar surface area (TPSA) is 49.4 Å². The Morgan fingerprint density at radius 3 is 2.75 bits per heavy atom. The number of fused-ring (bicyclic) bond motifs is 1. The Labute approximate surface area is 95.4 Å². The zero-order valence-corrected chi connectivity index (χ0v) is 9.61. The molecule has 3 atom stereocenters. The minimum atomic E-state index is -0.275. The van der Waals surface area contributed by atoms with Gasteiger partial charge in [0.2, 0.25) is 11.8 Å². The number of hydrogen-bond acceptors (Lipinski definition) is 2. The molecule has 0 aromatic carbocycles. The van der Waals surface area contributed by atoms with Gasteiger partial charge in [0.1, 0.15) is 6.04 Å². The number of piperazine rings is 1. The van der Waals surface area contributed by atoms with Crippen molar-refractivity contribution in [1.29, 1.82) is 0 Å². The number of amides is 2. The van der Waals surface area contributed by atoms with Crippen molar-refractivity contribution >= 4 is 11.8 Å². The minimum Gasteiger partial charge on any atom is -0.353 e. The largest absolute Gasteiger partial charge is 0.353 e. The lowest BCUT2D eigenvalue weighted by atomic mass is 10.1. The number of nitrogens with zero attached hydrogens (tertiary/aromatic N) is 1. The smallest absolute Gasteiger partial charge is 0.242 e. The van der Waals surface area contributed by atoms with Gasteiger partial charge in [-0.1, -0.05) is 6.42 Å². The summed E-state index contributed by atoms with van der Waals surface area (Å²) in [6.45, 7) is 3.11. The predicted molar refractivity (Wildman–Crippen MR) is 58.5 cm³/mol. The number of rotatable bonds is 1. The first-order valence-corrected chi connectivity index (χ1v) is 6.28. The summed E-state index contributed by atoms with van der Waals surface area (Å²) in [6, 6.07) is -0.275. The van der Waals surface area contributed by atoms with Crippen LogP contribution in [0.4, 0.5) is 0 Å². The van der Waals surface area contributed by atoms with E-state index >= 15 is 0 Å². The molecular formula is C12H18N2O2. The van der Waals surface area contributed by atoms with Gasteiger partial charge >= 0.3 is 0 Å². The second-order valence-electron chi connectivity index (χ2n) is 5.28. The van der Waals surface area contributed by atoms with Gasteiger partial charge in [-0.2, -0.15) is 0 Å². The molecule has 2 aliphatic carbocycles. The Bertz CT molecular complexity index is 332.